The highest BCUT2D eigenvalue weighted by Gasteiger charge is 2.23. The van der Waals surface area contributed by atoms with Crippen molar-refractivity contribution in [3.63, 3.8) is 0 Å². The zero-order valence-corrected chi connectivity index (χ0v) is 11.8. The van der Waals surface area contributed by atoms with Crippen LogP contribution < -0.4 is 0 Å². The topological polar surface area (TPSA) is 43.1 Å². The molecule has 0 aliphatic heterocycles. The molecule has 4 heteroatoms. The van der Waals surface area contributed by atoms with Gasteiger partial charge in [-0.05, 0) is 31.9 Å². The van der Waals surface area contributed by atoms with Gasteiger partial charge in [-0.25, -0.2) is 4.98 Å². The highest BCUT2D eigenvalue weighted by Crippen LogP contribution is 2.36. The lowest BCUT2D eigenvalue weighted by Gasteiger charge is -2.01. The minimum absolute atomic E-state index is 0.00965. The van der Waals surface area contributed by atoms with E-state index in [0.717, 1.165) is 28.7 Å². The lowest BCUT2D eigenvalue weighted by molar-refractivity contribution is 0.101. The fraction of sp³-hybridized carbons (Fsp3) is 0.429. The first-order chi connectivity index (χ1) is 8.65. The highest BCUT2D eigenvalue weighted by molar-refractivity contribution is 9.10. The van der Waals surface area contributed by atoms with Crippen LogP contribution in [-0.4, -0.2) is 10.8 Å². The van der Waals surface area contributed by atoms with E-state index < -0.39 is 0 Å². The monoisotopic (exact) mass is 307 g/mol. The van der Waals surface area contributed by atoms with Crippen molar-refractivity contribution in [3.8, 4) is 0 Å². The lowest BCUT2D eigenvalue weighted by atomic mass is 10.1. The largest absolute Gasteiger partial charge is 0.440 e. The molecule has 0 radical (unpaired) electrons. The Morgan fingerprint density at radius 3 is 2.78 bits per heavy atom. The fourth-order valence-electron chi connectivity index (χ4n) is 2.62. The van der Waals surface area contributed by atoms with E-state index in [1.165, 1.54) is 12.8 Å². The number of carbonyl (C=O) groups excluding carboxylic acids is 1. The summed E-state index contributed by atoms with van der Waals surface area (Å²) in [6.45, 7) is 1.55. The Morgan fingerprint density at radius 2 is 2.11 bits per heavy atom. The van der Waals surface area contributed by atoms with E-state index in [-0.39, 0.29) is 5.78 Å². The third-order valence-corrected chi connectivity index (χ3v) is 4.01. The number of carbonyl (C=O) groups is 1. The smallest absolute Gasteiger partial charge is 0.198 e. The highest BCUT2D eigenvalue weighted by atomic mass is 79.9. The van der Waals surface area contributed by atoms with Gasteiger partial charge in [0.15, 0.2) is 17.3 Å². The first-order valence-corrected chi connectivity index (χ1v) is 7.05. The van der Waals surface area contributed by atoms with Gasteiger partial charge in [0.1, 0.15) is 5.52 Å². The molecular weight excluding hydrogens is 294 g/mol. The molecule has 0 bridgehead atoms. The number of hydrogen-bond donors (Lipinski definition) is 0. The standard InChI is InChI=1S/C14H14BrNO2/c1-8(17)11-6-10(15)7-12-13(11)18-14(16-12)9-4-2-3-5-9/h6-7,9H,2-5H2,1H3. The van der Waals surface area contributed by atoms with Crippen LogP contribution in [0.1, 0.15) is 54.8 Å². The summed E-state index contributed by atoms with van der Waals surface area (Å²) in [5, 5.41) is 0. The second-order valence-corrected chi connectivity index (χ2v) is 5.81. The van der Waals surface area contributed by atoms with Crippen molar-refractivity contribution < 1.29 is 9.21 Å². The number of benzene rings is 1. The van der Waals surface area contributed by atoms with Gasteiger partial charge < -0.3 is 4.42 Å². The van der Waals surface area contributed by atoms with Crippen LogP contribution in [0.4, 0.5) is 0 Å². The van der Waals surface area contributed by atoms with Gasteiger partial charge in [0.2, 0.25) is 0 Å². The molecular formula is C14H14BrNO2. The van der Waals surface area contributed by atoms with E-state index in [1.54, 1.807) is 13.0 Å². The molecule has 2 aromatic rings. The molecule has 1 fully saturated rings. The molecule has 0 unspecified atom stereocenters. The van der Waals surface area contributed by atoms with Gasteiger partial charge in [-0.15, -0.1) is 0 Å². The molecule has 1 aliphatic rings. The minimum Gasteiger partial charge on any atom is -0.440 e. The molecule has 0 saturated heterocycles. The molecule has 3 rings (SSSR count). The van der Waals surface area contributed by atoms with Crippen LogP contribution in [-0.2, 0) is 0 Å². The number of hydrogen-bond acceptors (Lipinski definition) is 3. The molecule has 94 valence electrons. The number of halogens is 1. The van der Waals surface area contributed by atoms with Crippen molar-refractivity contribution in [1.29, 1.82) is 0 Å². The van der Waals surface area contributed by atoms with E-state index >= 15 is 0 Å². The number of Topliss-reactive ketones (excluding diaryl/α,β-unsaturated/α-hetero) is 1. The normalized spacial score (nSPS) is 16.6. The number of nitrogens with zero attached hydrogens (tertiary/aromatic N) is 1. The first kappa shape index (κ1) is 11.9. The molecule has 18 heavy (non-hydrogen) atoms. The van der Waals surface area contributed by atoms with E-state index in [4.69, 9.17) is 4.42 Å². The van der Waals surface area contributed by atoms with Gasteiger partial charge in [0.05, 0.1) is 5.56 Å². The number of fused-ring (bicyclic) bond motifs is 1. The molecule has 0 N–H and O–H groups in total. The van der Waals surface area contributed by atoms with E-state index in [9.17, 15) is 4.79 Å². The number of ketones is 1. The Labute approximate surface area is 114 Å². The zero-order valence-electron chi connectivity index (χ0n) is 10.2. The molecule has 1 aliphatic carbocycles. The van der Waals surface area contributed by atoms with Crippen molar-refractivity contribution in [2.24, 2.45) is 0 Å². The Hall–Kier alpha value is -1.16. The Bertz CT molecular complexity index is 612. The fourth-order valence-corrected chi connectivity index (χ4v) is 3.07. The maximum atomic E-state index is 11.6. The summed E-state index contributed by atoms with van der Waals surface area (Å²) < 4.78 is 6.71. The summed E-state index contributed by atoms with van der Waals surface area (Å²) in [4.78, 5) is 16.2. The predicted octanol–water partition coefficient (Wildman–Crippen LogP) is 4.45. The lowest BCUT2D eigenvalue weighted by Crippen LogP contribution is -1.92. The Balaban J connectivity index is 2.15. The van der Waals surface area contributed by atoms with Crippen molar-refractivity contribution in [1.82, 2.24) is 4.98 Å². The van der Waals surface area contributed by atoms with Gasteiger partial charge >= 0.3 is 0 Å². The Kier molecular flexibility index (Phi) is 2.98. The van der Waals surface area contributed by atoms with Gasteiger partial charge in [-0.3, -0.25) is 4.79 Å². The molecule has 0 amide bonds. The summed E-state index contributed by atoms with van der Waals surface area (Å²) >= 11 is 3.41. The van der Waals surface area contributed by atoms with Crippen LogP contribution in [0.25, 0.3) is 11.1 Å². The maximum absolute atomic E-state index is 11.6. The van der Waals surface area contributed by atoms with Gasteiger partial charge in [-0.2, -0.15) is 0 Å². The predicted molar refractivity (Wildman–Crippen MR) is 72.9 cm³/mol. The molecule has 0 atom stereocenters. The Morgan fingerprint density at radius 1 is 1.39 bits per heavy atom. The second-order valence-electron chi connectivity index (χ2n) is 4.89. The van der Waals surface area contributed by atoms with Crippen molar-refractivity contribution in [2.75, 3.05) is 0 Å². The molecule has 3 nitrogen and oxygen atoms in total. The van der Waals surface area contributed by atoms with E-state index in [2.05, 4.69) is 20.9 Å². The summed E-state index contributed by atoms with van der Waals surface area (Å²) in [5.74, 6) is 1.23. The molecule has 1 aromatic heterocycles. The average Bonchev–Trinajstić information content (AvgIpc) is 2.95. The quantitative estimate of drug-likeness (QED) is 0.770. The molecule has 1 aromatic carbocycles. The zero-order chi connectivity index (χ0) is 12.7. The SMILES string of the molecule is CC(=O)c1cc(Br)cc2nc(C3CCCC3)oc12. The molecule has 0 spiro atoms. The van der Waals surface area contributed by atoms with Gasteiger partial charge in [0.25, 0.3) is 0 Å². The van der Waals surface area contributed by atoms with Crippen LogP contribution in [0.2, 0.25) is 0 Å². The minimum atomic E-state index is 0.00965. The number of aromatic nitrogens is 1. The number of rotatable bonds is 2. The third kappa shape index (κ3) is 1.99. The van der Waals surface area contributed by atoms with Crippen LogP contribution in [0.3, 0.4) is 0 Å². The van der Waals surface area contributed by atoms with Crippen LogP contribution in [0, 0.1) is 0 Å². The average molecular weight is 308 g/mol. The van der Waals surface area contributed by atoms with Crippen molar-refractivity contribution in [3.05, 3.63) is 28.1 Å². The summed E-state index contributed by atoms with van der Waals surface area (Å²) in [6.07, 6.45) is 4.77. The first-order valence-electron chi connectivity index (χ1n) is 6.26. The van der Waals surface area contributed by atoms with Crippen LogP contribution in [0.15, 0.2) is 21.0 Å². The summed E-state index contributed by atoms with van der Waals surface area (Å²) in [5.41, 5.74) is 2.01. The summed E-state index contributed by atoms with van der Waals surface area (Å²) in [7, 11) is 0. The van der Waals surface area contributed by atoms with E-state index in [1.807, 2.05) is 6.07 Å². The second kappa shape index (κ2) is 4.50. The maximum Gasteiger partial charge on any atom is 0.198 e. The van der Waals surface area contributed by atoms with Crippen LogP contribution in [0.5, 0.6) is 0 Å². The van der Waals surface area contributed by atoms with Gasteiger partial charge in [0, 0.05) is 10.4 Å². The number of oxazole rings is 1. The summed E-state index contributed by atoms with van der Waals surface area (Å²) in [6, 6.07) is 3.71. The van der Waals surface area contributed by atoms with Crippen LogP contribution >= 0.6 is 15.9 Å². The third-order valence-electron chi connectivity index (χ3n) is 3.56. The molecule has 1 heterocycles. The molecule has 1 saturated carbocycles. The van der Waals surface area contributed by atoms with E-state index in [0.29, 0.717) is 17.1 Å². The van der Waals surface area contributed by atoms with Crippen molar-refractivity contribution >= 4 is 32.8 Å². The van der Waals surface area contributed by atoms with Crippen molar-refractivity contribution in [2.45, 2.75) is 38.5 Å². The van der Waals surface area contributed by atoms with Gasteiger partial charge in [-0.1, -0.05) is 28.8 Å².